The van der Waals surface area contributed by atoms with Crippen molar-refractivity contribution in [2.45, 2.75) is 19.4 Å². The number of rotatable bonds is 3. The van der Waals surface area contributed by atoms with Gasteiger partial charge >= 0.3 is 0 Å². The van der Waals surface area contributed by atoms with Gasteiger partial charge < -0.3 is 9.47 Å². The molecule has 0 aliphatic carbocycles. The van der Waals surface area contributed by atoms with Crippen LogP contribution >= 0.6 is 0 Å². The minimum atomic E-state index is -0.0425. The first-order chi connectivity index (χ1) is 8.36. The van der Waals surface area contributed by atoms with Gasteiger partial charge in [-0.1, -0.05) is 12.1 Å². The number of para-hydroxylation sites is 1. The van der Waals surface area contributed by atoms with Gasteiger partial charge in [0.1, 0.15) is 13.2 Å². The van der Waals surface area contributed by atoms with Gasteiger partial charge in [0.05, 0.1) is 6.04 Å². The van der Waals surface area contributed by atoms with Gasteiger partial charge in [0.2, 0.25) is 0 Å². The summed E-state index contributed by atoms with van der Waals surface area (Å²) in [6.45, 7) is 2.97. The summed E-state index contributed by atoms with van der Waals surface area (Å²) in [5.41, 5.74) is 3.76. The SMILES string of the molecule is CC#CCC(NN)c1cccc2c1OCCO2. The predicted molar refractivity (Wildman–Crippen MR) is 65.6 cm³/mol. The van der Waals surface area contributed by atoms with Crippen LogP contribution in [0.15, 0.2) is 18.2 Å². The zero-order valence-corrected chi connectivity index (χ0v) is 9.82. The van der Waals surface area contributed by atoms with E-state index in [0.717, 1.165) is 17.1 Å². The molecule has 0 fully saturated rings. The van der Waals surface area contributed by atoms with Crippen LogP contribution in [0.3, 0.4) is 0 Å². The average Bonchev–Trinajstić information content (AvgIpc) is 2.40. The van der Waals surface area contributed by atoms with Gasteiger partial charge in [-0.15, -0.1) is 11.8 Å². The fraction of sp³-hybridized carbons (Fsp3) is 0.385. The maximum Gasteiger partial charge on any atom is 0.166 e. The Balaban J connectivity index is 2.31. The Kier molecular flexibility index (Phi) is 3.86. The van der Waals surface area contributed by atoms with Crippen LogP contribution in [0.2, 0.25) is 0 Å². The molecule has 1 aromatic rings. The van der Waals surface area contributed by atoms with Crippen molar-refractivity contribution in [2.75, 3.05) is 13.2 Å². The van der Waals surface area contributed by atoms with E-state index in [1.54, 1.807) is 0 Å². The summed E-state index contributed by atoms with van der Waals surface area (Å²) in [5, 5.41) is 0. The van der Waals surface area contributed by atoms with Crippen molar-refractivity contribution in [3.8, 4) is 23.3 Å². The zero-order valence-electron chi connectivity index (χ0n) is 9.82. The summed E-state index contributed by atoms with van der Waals surface area (Å²) in [7, 11) is 0. The lowest BCUT2D eigenvalue weighted by Crippen LogP contribution is -2.29. The number of nitrogens with two attached hydrogens (primary N) is 1. The van der Waals surface area contributed by atoms with Gasteiger partial charge in [0.25, 0.3) is 0 Å². The first-order valence-corrected chi connectivity index (χ1v) is 5.61. The molecule has 0 radical (unpaired) electrons. The Morgan fingerprint density at radius 2 is 2.24 bits per heavy atom. The van der Waals surface area contributed by atoms with Gasteiger partial charge in [-0.2, -0.15) is 0 Å². The summed E-state index contributed by atoms with van der Waals surface area (Å²) in [5.74, 6) is 13.0. The molecule has 0 saturated heterocycles. The Morgan fingerprint density at radius 1 is 1.41 bits per heavy atom. The highest BCUT2D eigenvalue weighted by Gasteiger charge is 2.20. The van der Waals surface area contributed by atoms with Gasteiger partial charge in [-0.25, -0.2) is 0 Å². The van der Waals surface area contributed by atoms with E-state index in [-0.39, 0.29) is 6.04 Å². The quantitative estimate of drug-likeness (QED) is 0.469. The Bertz CT molecular complexity index is 448. The van der Waals surface area contributed by atoms with E-state index in [4.69, 9.17) is 15.3 Å². The largest absolute Gasteiger partial charge is 0.486 e. The zero-order chi connectivity index (χ0) is 12.1. The van der Waals surface area contributed by atoms with Crippen molar-refractivity contribution in [3.05, 3.63) is 23.8 Å². The van der Waals surface area contributed by atoms with Gasteiger partial charge in [-0.05, 0) is 13.0 Å². The highest BCUT2D eigenvalue weighted by Crippen LogP contribution is 2.37. The third-order valence-electron chi connectivity index (χ3n) is 2.66. The number of ether oxygens (including phenoxy) is 2. The highest BCUT2D eigenvalue weighted by molar-refractivity contribution is 5.49. The normalized spacial score (nSPS) is 14.7. The average molecular weight is 232 g/mol. The molecular formula is C13H16N2O2. The standard InChI is InChI=1S/C13H16N2O2/c1-2-3-6-11(15-14)10-5-4-7-12-13(10)17-9-8-16-12/h4-5,7,11,15H,6,8-9,14H2,1H3. The third-order valence-corrected chi connectivity index (χ3v) is 2.66. The van der Waals surface area contributed by atoms with Crippen molar-refractivity contribution in [1.82, 2.24) is 5.43 Å². The third kappa shape index (κ3) is 2.52. The number of hydrazine groups is 1. The number of benzene rings is 1. The maximum atomic E-state index is 5.65. The first-order valence-electron chi connectivity index (χ1n) is 5.61. The monoisotopic (exact) mass is 232 g/mol. The molecule has 17 heavy (non-hydrogen) atoms. The summed E-state index contributed by atoms with van der Waals surface area (Å²) in [6, 6.07) is 5.78. The van der Waals surface area contributed by atoms with Crippen LogP contribution in [0, 0.1) is 11.8 Å². The number of nitrogens with one attached hydrogen (secondary N) is 1. The van der Waals surface area contributed by atoms with Gasteiger partial charge in [0.15, 0.2) is 11.5 Å². The molecule has 0 bridgehead atoms. The van der Waals surface area contributed by atoms with Crippen LogP contribution in [0.1, 0.15) is 24.9 Å². The molecule has 0 saturated carbocycles. The van der Waals surface area contributed by atoms with Crippen LogP contribution in [-0.2, 0) is 0 Å². The Hall–Kier alpha value is -1.70. The highest BCUT2D eigenvalue weighted by atomic mass is 16.6. The second kappa shape index (κ2) is 5.58. The molecule has 4 heteroatoms. The molecule has 0 spiro atoms. The number of hydrogen-bond acceptors (Lipinski definition) is 4. The Morgan fingerprint density at radius 3 is 3.00 bits per heavy atom. The summed E-state index contributed by atoms with van der Waals surface area (Å²) in [6.07, 6.45) is 0.646. The minimum absolute atomic E-state index is 0.0425. The van der Waals surface area contributed by atoms with Crippen LogP contribution in [0.4, 0.5) is 0 Å². The molecule has 4 nitrogen and oxygen atoms in total. The van der Waals surface area contributed by atoms with Crippen LogP contribution < -0.4 is 20.7 Å². The van der Waals surface area contributed by atoms with Crippen molar-refractivity contribution >= 4 is 0 Å². The molecule has 1 atom stereocenters. The van der Waals surface area contributed by atoms with Crippen LogP contribution in [0.5, 0.6) is 11.5 Å². The molecular weight excluding hydrogens is 216 g/mol. The maximum absolute atomic E-state index is 5.65. The number of hydrogen-bond donors (Lipinski definition) is 2. The van der Waals surface area contributed by atoms with Crippen molar-refractivity contribution in [1.29, 1.82) is 0 Å². The van der Waals surface area contributed by atoms with E-state index < -0.39 is 0 Å². The lowest BCUT2D eigenvalue weighted by Gasteiger charge is -2.24. The smallest absolute Gasteiger partial charge is 0.166 e. The lowest BCUT2D eigenvalue weighted by atomic mass is 10.0. The molecule has 2 rings (SSSR count). The summed E-state index contributed by atoms with van der Waals surface area (Å²) < 4.78 is 11.2. The Labute approximate surface area is 101 Å². The van der Waals surface area contributed by atoms with E-state index >= 15 is 0 Å². The van der Waals surface area contributed by atoms with Crippen molar-refractivity contribution < 1.29 is 9.47 Å². The van der Waals surface area contributed by atoms with E-state index in [1.165, 1.54) is 0 Å². The molecule has 1 aliphatic rings. The van der Waals surface area contributed by atoms with Crippen LogP contribution in [0.25, 0.3) is 0 Å². The summed E-state index contributed by atoms with van der Waals surface area (Å²) >= 11 is 0. The van der Waals surface area contributed by atoms with E-state index in [9.17, 15) is 0 Å². The number of fused-ring (bicyclic) bond motifs is 1. The van der Waals surface area contributed by atoms with Crippen molar-refractivity contribution in [2.24, 2.45) is 5.84 Å². The lowest BCUT2D eigenvalue weighted by molar-refractivity contribution is 0.168. The van der Waals surface area contributed by atoms with Gasteiger partial charge in [0, 0.05) is 12.0 Å². The molecule has 90 valence electrons. The molecule has 1 heterocycles. The molecule has 0 amide bonds. The van der Waals surface area contributed by atoms with E-state index in [1.807, 2.05) is 25.1 Å². The second-order valence-electron chi connectivity index (χ2n) is 3.72. The second-order valence-corrected chi connectivity index (χ2v) is 3.72. The molecule has 1 unspecified atom stereocenters. The van der Waals surface area contributed by atoms with E-state index in [0.29, 0.717) is 19.6 Å². The van der Waals surface area contributed by atoms with Crippen molar-refractivity contribution in [3.63, 3.8) is 0 Å². The topological polar surface area (TPSA) is 56.5 Å². The molecule has 0 aromatic heterocycles. The first kappa shape index (κ1) is 11.8. The fourth-order valence-electron chi connectivity index (χ4n) is 1.83. The molecule has 1 aromatic carbocycles. The fourth-order valence-corrected chi connectivity index (χ4v) is 1.83. The predicted octanol–water partition coefficient (Wildman–Crippen LogP) is 1.38. The minimum Gasteiger partial charge on any atom is -0.486 e. The molecule has 3 N–H and O–H groups in total. The van der Waals surface area contributed by atoms with Crippen LogP contribution in [-0.4, -0.2) is 13.2 Å². The van der Waals surface area contributed by atoms with Gasteiger partial charge in [-0.3, -0.25) is 11.3 Å². The summed E-state index contributed by atoms with van der Waals surface area (Å²) in [4.78, 5) is 0. The van der Waals surface area contributed by atoms with E-state index in [2.05, 4.69) is 17.3 Å². The molecule has 1 aliphatic heterocycles.